The Labute approximate surface area is 177 Å². The van der Waals surface area contributed by atoms with E-state index in [1.165, 1.54) is 0 Å². The number of nitrogens with one attached hydrogen (secondary N) is 3. The van der Waals surface area contributed by atoms with Gasteiger partial charge in [0.2, 0.25) is 0 Å². The first-order valence-electron chi connectivity index (χ1n) is 9.10. The largest absolute Gasteiger partial charge is 0.350 e. The lowest BCUT2D eigenvalue weighted by atomic mass is 10.0. The summed E-state index contributed by atoms with van der Waals surface area (Å²) in [6.45, 7) is 0. The maximum atomic E-state index is 12.4. The third-order valence-corrected chi connectivity index (χ3v) is 4.76. The molecule has 0 unspecified atom stereocenters. The number of benzene rings is 3. The summed E-state index contributed by atoms with van der Waals surface area (Å²) in [6.07, 6.45) is 0. The Morgan fingerprint density at radius 2 is 1.40 bits per heavy atom. The Kier molecular flexibility index (Phi) is 5.32. The van der Waals surface area contributed by atoms with E-state index < -0.39 is 11.8 Å². The second-order valence-corrected chi connectivity index (χ2v) is 7.00. The van der Waals surface area contributed by atoms with Gasteiger partial charge in [-0.25, -0.2) is 0 Å². The monoisotopic (exact) mass is 417 g/mol. The van der Waals surface area contributed by atoms with Crippen molar-refractivity contribution in [2.24, 2.45) is 0 Å². The van der Waals surface area contributed by atoms with E-state index in [4.69, 9.17) is 11.6 Å². The molecule has 3 N–H and O–H groups in total. The molecule has 4 rings (SSSR count). The average Bonchev–Trinajstić information content (AvgIpc) is 3.03. The zero-order valence-electron chi connectivity index (χ0n) is 15.6. The van der Waals surface area contributed by atoms with Crippen molar-refractivity contribution in [1.29, 1.82) is 0 Å². The van der Waals surface area contributed by atoms with Gasteiger partial charge < -0.3 is 10.6 Å². The highest BCUT2D eigenvalue weighted by atomic mass is 35.5. The molecule has 0 saturated heterocycles. The molecule has 3 amide bonds. The first kappa shape index (κ1) is 19.4. The summed E-state index contributed by atoms with van der Waals surface area (Å²) in [5.74, 6) is -1.22. The van der Waals surface area contributed by atoms with Gasteiger partial charge in [-0.3, -0.25) is 19.7 Å². The fourth-order valence-corrected chi connectivity index (χ4v) is 3.17. The molecule has 1 aliphatic rings. The third kappa shape index (κ3) is 4.09. The highest BCUT2D eigenvalue weighted by Gasteiger charge is 2.31. The van der Waals surface area contributed by atoms with E-state index in [2.05, 4.69) is 16.0 Å². The molecule has 0 saturated carbocycles. The van der Waals surface area contributed by atoms with E-state index in [0.29, 0.717) is 27.5 Å². The Hall–Kier alpha value is -3.90. The van der Waals surface area contributed by atoms with Gasteiger partial charge in [-0.15, -0.1) is 0 Å². The SMILES string of the molecule is O=C1NC(=O)C(c2ccccc2)=C1Nc1ccc(C(=O)Nc2ccc(Cl)cc2)cc1. The molecule has 0 spiro atoms. The number of rotatable bonds is 5. The zero-order chi connectivity index (χ0) is 21.1. The Bertz CT molecular complexity index is 1150. The summed E-state index contributed by atoms with van der Waals surface area (Å²) in [6, 6.07) is 22.4. The highest BCUT2D eigenvalue weighted by molar-refractivity contribution is 6.36. The maximum absolute atomic E-state index is 12.4. The van der Waals surface area contributed by atoms with Crippen LogP contribution in [0.4, 0.5) is 11.4 Å². The van der Waals surface area contributed by atoms with Crippen molar-refractivity contribution in [2.75, 3.05) is 10.6 Å². The quantitative estimate of drug-likeness (QED) is 0.546. The molecule has 6 nitrogen and oxygen atoms in total. The van der Waals surface area contributed by atoms with Crippen molar-refractivity contribution in [1.82, 2.24) is 5.32 Å². The number of carbonyl (C=O) groups excluding carboxylic acids is 3. The number of hydrogen-bond acceptors (Lipinski definition) is 4. The molecule has 1 heterocycles. The third-order valence-electron chi connectivity index (χ3n) is 4.51. The van der Waals surface area contributed by atoms with Crippen LogP contribution < -0.4 is 16.0 Å². The van der Waals surface area contributed by atoms with E-state index >= 15 is 0 Å². The van der Waals surface area contributed by atoms with Crippen LogP contribution in [0.1, 0.15) is 15.9 Å². The minimum atomic E-state index is -0.497. The summed E-state index contributed by atoms with van der Waals surface area (Å²) in [7, 11) is 0. The van der Waals surface area contributed by atoms with Gasteiger partial charge in [-0.05, 0) is 54.1 Å². The molecule has 30 heavy (non-hydrogen) atoms. The standard InChI is InChI=1S/C23H16ClN3O3/c24-16-8-12-18(13-9-16)26-21(28)15-6-10-17(11-7-15)25-20-19(22(29)27-23(20)30)14-4-2-1-3-5-14/h1-13H,(H,26,28)(H2,25,27,29,30). The second kappa shape index (κ2) is 8.23. The van der Waals surface area contributed by atoms with Crippen LogP contribution in [-0.2, 0) is 9.59 Å². The fourth-order valence-electron chi connectivity index (χ4n) is 3.04. The van der Waals surface area contributed by atoms with Crippen molar-refractivity contribution >= 4 is 46.3 Å². The van der Waals surface area contributed by atoms with E-state index in [1.54, 1.807) is 72.8 Å². The summed E-state index contributed by atoms with van der Waals surface area (Å²) in [4.78, 5) is 36.9. The highest BCUT2D eigenvalue weighted by Crippen LogP contribution is 2.25. The molecule has 0 radical (unpaired) electrons. The fraction of sp³-hybridized carbons (Fsp3) is 0. The van der Waals surface area contributed by atoms with E-state index in [0.717, 1.165) is 0 Å². The molecular weight excluding hydrogens is 402 g/mol. The molecule has 3 aromatic rings. The van der Waals surface area contributed by atoms with Crippen molar-refractivity contribution < 1.29 is 14.4 Å². The Morgan fingerprint density at radius 3 is 2.07 bits per heavy atom. The number of amides is 3. The summed E-state index contributed by atoms with van der Waals surface area (Å²) in [5, 5.41) is 8.67. The molecule has 0 aromatic heterocycles. The molecule has 7 heteroatoms. The predicted molar refractivity (Wildman–Crippen MR) is 116 cm³/mol. The number of halogens is 1. The van der Waals surface area contributed by atoms with Gasteiger partial charge in [0.25, 0.3) is 17.7 Å². The first-order chi connectivity index (χ1) is 14.5. The maximum Gasteiger partial charge on any atom is 0.275 e. The smallest absolute Gasteiger partial charge is 0.275 e. The second-order valence-electron chi connectivity index (χ2n) is 6.56. The number of imide groups is 1. The van der Waals surface area contributed by atoms with Crippen LogP contribution in [0.25, 0.3) is 5.57 Å². The molecule has 0 bridgehead atoms. The Morgan fingerprint density at radius 1 is 0.767 bits per heavy atom. The van der Waals surface area contributed by atoms with Crippen LogP contribution in [0, 0.1) is 0 Å². The lowest BCUT2D eigenvalue weighted by molar-refractivity contribution is -0.123. The van der Waals surface area contributed by atoms with Gasteiger partial charge in [0.05, 0.1) is 5.57 Å². The molecule has 148 valence electrons. The van der Waals surface area contributed by atoms with Crippen LogP contribution in [0.15, 0.2) is 84.6 Å². The molecule has 0 atom stereocenters. The van der Waals surface area contributed by atoms with Crippen LogP contribution in [0.2, 0.25) is 5.02 Å². The minimum absolute atomic E-state index is 0.171. The van der Waals surface area contributed by atoms with Crippen molar-refractivity contribution in [3.8, 4) is 0 Å². The van der Waals surface area contributed by atoms with Crippen LogP contribution >= 0.6 is 11.6 Å². The van der Waals surface area contributed by atoms with Crippen LogP contribution in [0.5, 0.6) is 0 Å². The predicted octanol–water partition coefficient (Wildman–Crippen LogP) is 4.07. The molecule has 1 aliphatic heterocycles. The summed E-state index contributed by atoms with van der Waals surface area (Å²) < 4.78 is 0. The van der Waals surface area contributed by atoms with Gasteiger partial charge in [0, 0.05) is 22.0 Å². The van der Waals surface area contributed by atoms with E-state index in [1.807, 2.05) is 6.07 Å². The molecule has 0 fully saturated rings. The number of carbonyl (C=O) groups is 3. The minimum Gasteiger partial charge on any atom is -0.350 e. The van der Waals surface area contributed by atoms with Gasteiger partial charge in [-0.2, -0.15) is 0 Å². The first-order valence-corrected chi connectivity index (χ1v) is 9.48. The van der Waals surface area contributed by atoms with E-state index in [9.17, 15) is 14.4 Å². The molecular formula is C23H16ClN3O3. The normalized spacial score (nSPS) is 13.2. The lowest BCUT2D eigenvalue weighted by Crippen LogP contribution is -2.24. The number of anilines is 2. The van der Waals surface area contributed by atoms with Crippen LogP contribution in [0.3, 0.4) is 0 Å². The van der Waals surface area contributed by atoms with Crippen molar-refractivity contribution in [3.05, 3.63) is 101 Å². The van der Waals surface area contributed by atoms with Gasteiger partial charge in [0.1, 0.15) is 5.70 Å². The topological polar surface area (TPSA) is 87.3 Å². The van der Waals surface area contributed by atoms with Crippen molar-refractivity contribution in [3.63, 3.8) is 0 Å². The van der Waals surface area contributed by atoms with Crippen molar-refractivity contribution in [2.45, 2.75) is 0 Å². The van der Waals surface area contributed by atoms with E-state index in [-0.39, 0.29) is 17.2 Å². The van der Waals surface area contributed by atoms with Gasteiger partial charge in [0.15, 0.2) is 0 Å². The van der Waals surface area contributed by atoms with Gasteiger partial charge in [-0.1, -0.05) is 41.9 Å². The Balaban J connectivity index is 1.53. The summed E-state index contributed by atoms with van der Waals surface area (Å²) in [5.41, 5.74) is 2.74. The van der Waals surface area contributed by atoms with Crippen LogP contribution in [-0.4, -0.2) is 17.7 Å². The van der Waals surface area contributed by atoms with Gasteiger partial charge >= 0.3 is 0 Å². The molecule has 0 aliphatic carbocycles. The number of hydrogen-bond donors (Lipinski definition) is 3. The zero-order valence-corrected chi connectivity index (χ0v) is 16.4. The summed E-state index contributed by atoms with van der Waals surface area (Å²) >= 11 is 5.85. The average molecular weight is 418 g/mol. The lowest BCUT2D eigenvalue weighted by Gasteiger charge is -2.09. The molecule has 3 aromatic carbocycles.